The first kappa shape index (κ1) is 24.4. The topological polar surface area (TPSA) is 52.1 Å². The Morgan fingerprint density at radius 2 is 1.16 bits per heavy atom. The number of hydrogen-bond acceptors (Lipinski definition) is 4. The Labute approximate surface area is 257 Å². The third kappa shape index (κ3) is 3.42. The van der Waals surface area contributed by atoms with Crippen LogP contribution in [0.4, 0.5) is 0 Å². The minimum Gasteiger partial charge on any atom is -0.456 e. The number of nitrogens with zero attached hydrogens (tertiary/aromatic N) is 2. The highest BCUT2D eigenvalue weighted by Gasteiger charge is 2.19. The van der Waals surface area contributed by atoms with E-state index in [1.54, 1.807) is 0 Å². The molecule has 7 aromatic carbocycles. The van der Waals surface area contributed by atoms with Crippen molar-refractivity contribution in [1.82, 2.24) is 9.97 Å². The van der Waals surface area contributed by atoms with Crippen LogP contribution in [-0.4, -0.2) is 9.97 Å². The van der Waals surface area contributed by atoms with Crippen LogP contribution < -0.4 is 0 Å². The van der Waals surface area contributed by atoms with Gasteiger partial charge < -0.3 is 8.83 Å². The molecule has 0 bridgehead atoms. The quantitative estimate of drug-likeness (QED) is 0.192. The van der Waals surface area contributed by atoms with Crippen LogP contribution in [0.3, 0.4) is 0 Å². The molecule has 3 heterocycles. The van der Waals surface area contributed by atoms with E-state index < -0.39 is 0 Å². The van der Waals surface area contributed by atoms with Gasteiger partial charge in [-0.05, 0) is 47.0 Å². The van der Waals surface area contributed by atoms with Gasteiger partial charge in [0.1, 0.15) is 22.3 Å². The molecule has 0 N–H and O–H groups in total. The third-order valence-corrected chi connectivity index (χ3v) is 9.22. The van der Waals surface area contributed by atoms with Crippen LogP contribution in [0.25, 0.3) is 98.8 Å². The number of para-hydroxylation sites is 2. The highest BCUT2D eigenvalue weighted by Crippen LogP contribution is 2.43. The van der Waals surface area contributed by atoms with Crippen LogP contribution in [0.15, 0.2) is 136 Å². The summed E-state index contributed by atoms with van der Waals surface area (Å²) in [6.45, 7) is 2.08. The molecule has 0 aliphatic rings. The van der Waals surface area contributed by atoms with E-state index in [1.165, 1.54) is 10.8 Å². The molecule has 0 saturated carbocycles. The smallest absolute Gasteiger partial charge is 0.147 e. The van der Waals surface area contributed by atoms with E-state index in [-0.39, 0.29) is 0 Å². The third-order valence-electron chi connectivity index (χ3n) is 9.22. The average Bonchev–Trinajstić information content (AvgIpc) is 3.68. The van der Waals surface area contributed by atoms with Gasteiger partial charge in [0.05, 0.1) is 28.3 Å². The fourth-order valence-electron chi connectivity index (χ4n) is 7.11. The number of furan rings is 2. The molecular weight excluding hydrogens is 552 g/mol. The lowest BCUT2D eigenvalue weighted by Crippen LogP contribution is -1.92. The SMILES string of the molecule is Cc1cccc2c1oc1ccc3c4cccc(-c5cccc(-c6cnc7c8ccccc8c8ccccc8c7n6)c5)c4oc3c12. The zero-order chi connectivity index (χ0) is 29.6. The molecule has 0 fully saturated rings. The molecule has 0 unspecified atom stereocenters. The highest BCUT2D eigenvalue weighted by atomic mass is 16.3. The predicted octanol–water partition coefficient (Wildman–Crippen LogP) is 11.4. The number of benzene rings is 7. The Bertz CT molecular complexity index is 2800. The van der Waals surface area contributed by atoms with Gasteiger partial charge in [0.25, 0.3) is 0 Å². The molecule has 3 aromatic heterocycles. The Morgan fingerprint density at radius 3 is 2.00 bits per heavy atom. The van der Waals surface area contributed by atoms with E-state index in [9.17, 15) is 0 Å². The average molecular weight is 577 g/mol. The lowest BCUT2D eigenvalue weighted by Gasteiger charge is -2.11. The minimum atomic E-state index is 0.837. The van der Waals surface area contributed by atoms with E-state index in [1.807, 2.05) is 6.20 Å². The monoisotopic (exact) mass is 576 g/mol. The van der Waals surface area contributed by atoms with Crippen LogP contribution in [-0.2, 0) is 0 Å². The highest BCUT2D eigenvalue weighted by molar-refractivity contribution is 6.24. The lowest BCUT2D eigenvalue weighted by molar-refractivity contribution is 0.661. The normalized spacial score (nSPS) is 12.1. The zero-order valence-electron chi connectivity index (χ0n) is 24.3. The van der Waals surface area contributed by atoms with E-state index in [4.69, 9.17) is 18.8 Å². The molecule has 4 nitrogen and oxygen atoms in total. The van der Waals surface area contributed by atoms with Crippen molar-refractivity contribution in [1.29, 1.82) is 0 Å². The molecule has 4 heteroatoms. The first-order valence-corrected chi connectivity index (χ1v) is 15.2. The molecule has 0 saturated heterocycles. The van der Waals surface area contributed by atoms with Crippen molar-refractivity contribution in [3.63, 3.8) is 0 Å². The molecule has 0 aliphatic heterocycles. The molecular formula is C41H24N2O2. The second-order valence-electron chi connectivity index (χ2n) is 11.8. The maximum Gasteiger partial charge on any atom is 0.147 e. The van der Waals surface area contributed by atoms with Crippen LogP contribution >= 0.6 is 0 Å². The maximum atomic E-state index is 6.76. The van der Waals surface area contributed by atoms with Crippen molar-refractivity contribution in [2.75, 3.05) is 0 Å². The molecule has 10 aromatic rings. The van der Waals surface area contributed by atoms with Gasteiger partial charge in [0.15, 0.2) is 0 Å². The van der Waals surface area contributed by atoms with Crippen molar-refractivity contribution in [2.24, 2.45) is 0 Å². The Morgan fingerprint density at radius 1 is 0.489 bits per heavy atom. The summed E-state index contributed by atoms with van der Waals surface area (Å²) in [6.07, 6.45) is 1.90. The van der Waals surface area contributed by atoms with Crippen molar-refractivity contribution >= 4 is 76.5 Å². The Hall–Kier alpha value is -6.00. The van der Waals surface area contributed by atoms with Gasteiger partial charge in [-0.2, -0.15) is 0 Å². The van der Waals surface area contributed by atoms with Gasteiger partial charge >= 0.3 is 0 Å². The lowest BCUT2D eigenvalue weighted by atomic mass is 9.98. The van der Waals surface area contributed by atoms with Gasteiger partial charge in [0.2, 0.25) is 0 Å². The summed E-state index contributed by atoms with van der Waals surface area (Å²) in [7, 11) is 0. The summed E-state index contributed by atoms with van der Waals surface area (Å²) in [5, 5.41) is 8.87. The Kier molecular flexibility index (Phi) is 4.89. The van der Waals surface area contributed by atoms with Gasteiger partial charge in [0, 0.05) is 38.1 Å². The van der Waals surface area contributed by atoms with Gasteiger partial charge in [-0.15, -0.1) is 0 Å². The molecule has 45 heavy (non-hydrogen) atoms. The number of hydrogen-bond donors (Lipinski definition) is 0. The summed E-state index contributed by atoms with van der Waals surface area (Å²) in [6, 6.07) is 42.2. The summed E-state index contributed by atoms with van der Waals surface area (Å²) >= 11 is 0. The number of aromatic nitrogens is 2. The summed E-state index contributed by atoms with van der Waals surface area (Å²) in [5.41, 5.74) is 10.4. The minimum absolute atomic E-state index is 0.837. The van der Waals surface area contributed by atoms with Gasteiger partial charge in [-0.1, -0.05) is 103 Å². The van der Waals surface area contributed by atoms with Crippen LogP contribution in [0, 0.1) is 6.92 Å². The summed E-state index contributed by atoms with van der Waals surface area (Å²) < 4.78 is 13.0. The molecule has 0 radical (unpaired) electrons. The second kappa shape index (κ2) is 9.01. The number of rotatable bonds is 2. The molecule has 0 aliphatic carbocycles. The molecule has 210 valence electrons. The first-order valence-electron chi connectivity index (χ1n) is 15.2. The van der Waals surface area contributed by atoms with E-state index in [0.29, 0.717) is 0 Å². The van der Waals surface area contributed by atoms with Crippen molar-refractivity contribution in [3.8, 4) is 22.4 Å². The van der Waals surface area contributed by atoms with Gasteiger partial charge in [-0.25, -0.2) is 4.98 Å². The van der Waals surface area contributed by atoms with Crippen molar-refractivity contribution < 1.29 is 8.83 Å². The Balaban J connectivity index is 1.18. The largest absolute Gasteiger partial charge is 0.456 e. The first-order chi connectivity index (χ1) is 22.2. The van der Waals surface area contributed by atoms with Crippen LogP contribution in [0.2, 0.25) is 0 Å². The standard InChI is InChI=1S/C41H24N2O2/c1-23-9-6-18-33-36-35(44-39(23)33)20-19-32-31-17-8-16-26(40(31)45-41(32)36)24-10-7-11-25(21-24)34-22-42-37-29-14-4-2-12-27(29)28-13-3-5-15-30(28)38(37)43-34/h2-22H,1H3. The van der Waals surface area contributed by atoms with Crippen molar-refractivity contribution in [3.05, 3.63) is 133 Å². The van der Waals surface area contributed by atoms with Gasteiger partial charge in [-0.3, -0.25) is 4.98 Å². The van der Waals surface area contributed by atoms with E-state index >= 15 is 0 Å². The number of aryl methyl sites for hydroxylation is 1. The molecule has 0 spiro atoms. The van der Waals surface area contributed by atoms with Crippen LogP contribution in [0.5, 0.6) is 0 Å². The van der Waals surface area contributed by atoms with E-state index in [0.717, 1.165) is 93.6 Å². The van der Waals surface area contributed by atoms with E-state index in [2.05, 4.69) is 128 Å². The molecule has 0 amide bonds. The molecule has 0 atom stereocenters. The number of fused-ring (bicyclic) bond motifs is 13. The van der Waals surface area contributed by atoms with Crippen molar-refractivity contribution in [2.45, 2.75) is 6.92 Å². The summed E-state index contributed by atoms with van der Waals surface area (Å²) in [5.74, 6) is 0. The fourth-order valence-corrected chi connectivity index (χ4v) is 7.11. The second-order valence-corrected chi connectivity index (χ2v) is 11.8. The zero-order valence-corrected chi connectivity index (χ0v) is 24.3. The summed E-state index contributed by atoms with van der Waals surface area (Å²) in [4.78, 5) is 10.2. The van der Waals surface area contributed by atoms with Crippen LogP contribution in [0.1, 0.15) is 5.56 Å². The maximum absolute atomic E-state index is 6.76. The predicted molar refractivity (Wildman–Crippen MR) is 185 cm³/mol. The fraction of sp³-hybridized carbons (Fsp3) is 0.0244. The molecule has 10 rings (SSSR count).